The lowest BCUT2D eigenvalue weighted by atomic mass is 9.91. The van der Waals surface area contributed by atoms with E-state index in [4.69, 9.17) is 9.94 Å². The minimum Gasteiger partial charge on any atom is -0.367 e. The Kier molecular flexibility index (Phi) is 6.22. The van der Waals surface area contributed by atoms with Gasteiger partial charge < -0.3 is 5.11 Å². The van der Waals surface area contributed by atoms with E-state index in [2.05, 4.69) is 6.92 Å². The van der Waals surface area contributed by atoms with Gasteiger partial charge in [0.25, 0.3) is 0 Å². The molecule has 1 aliphatic heterocycles. The topological polar surface area (TPSA) is 32.7 Å². The molecule has 1 atom stereocenters. The summed E-state index contributed by atoms with van der Waals surface area (Å²) in [6.45, 7) is 5.90. The molecule has 1 heterocycles. The number of aliphatic hydroxyl groups excluding tert-OH is 1. The number of hydrogen-bond acceptors (Lipinski definition) is 3. The number of aliphatic hydroxyl groups is 1. The van der Waals surface area contributed by atoms with Crippen molar-refractivity contribution in [3.8, 4) is 0 Å². The smallest absolute Gasteiger partial charge is 0.171 e. The SMILES string of the molecule is CC(O)ON1CCC1.CC1CCCCC1. The summed E-state index contributed by atoms with van der Waals surface area (Å²) in [6.07, 6.45) is 7.98. The second kappa shape index (κ2) is 7.20. The van der Waals surface area contributed by atoms with Gasteiger partial charge in [-0.1, -0.05) is 39.0 Å². The van der Waals surface area contributed by atoms with Crippen molar-refractivity contribution in [2.75, 3.05) is 13.1 Å². The summed E-state index contributed by atoms with van der Waals surface area (Å²) in [6, 6.07) is 0. The van der Waals surface area contributed by atoms with Gasteiger partial charge in [0.1, 0.15) is 0 Å². The van der Waals surface area contributed by atoms with Crippen LogP contribution in [0.15, 0.2) is 0 Å². The van der Waals surface area contributed by atoms with Crippen LogP contribution in [0.4, 0.5) is 0 Å². The van der Waals surface area contributed by atoms with Crippen LogP contribution in [-0.2, 0) is 4.84 Å². The van der Waals surface area contributed by atoms with Crippen molar-refractivity contribution in [2.45, 2.75) is 58.7 Å². The minimum atomic E-state index is -0.643. The maximum Gasteiger partial charge on any atom is 0.171 e. The standard InChI is InChI=1S/C7H14.C5H11NO2/c1-7-5-3-2-4-6-7;1-5(7)8-6-3-2-4-6/h7H,2-6H2,1H3;5,7H,2-4H2,1H3. The predicted molar refractivity (Wildman–Crippen MR) is 61.2 cm³/mol. The maximum absolute atomic E-state index is 8.62. The van der Waals surface area contributed by atoms with Crippen molar-refractivity contribution < 1.29 is 9.94 Å². The lowest BCUT2D eigenvalue weighted by Crippen LogP contribution is -2.39. The van der Waals surface area contributed by atoms with E-state index in [9.17, 15) is 0 Å². The van der Waals surface area contributed by atoms with Gasteiger partial charge in [-0.3, -0.25) is 4.84 Å². The molecule has 2 fully saturated rings. The van der Waals surface area contributed by atoms with Crippen molar-refractivity contribution in [2.24, 2.45) is 5.92 Å². The number of nitrogens with zero attached hydrogens (tertiary/aromatic N) is 1. The van der Waals surface area contributed by atoms with Crippen molar-refractivity contribution in [3.63, 3.8) is 0 Å². The first-order chi connectivity index (χ1) is 7.18. The normalized spacial score (nSPS) is 25.0. The number of hydrogen-bond donors (Lipinski definition) is 1. The lowest BCUT2D eigenvalue weighted by Gasteiger charge is -2.30. The third-order valence-electron chi connectivity index (χ3n) is 3.01. The fraction of sp³-hybridized carbons (Fsp3) is 1.00. The van der Waals surface area contributed by atoms with E-state index in [1.165, 1.54) is 38.5 Å². The van der Waals surface area contributed by atoms with Crippen LogP contribution in [-0.4, -0.2) is 29.5 Å². The van der Waals surface area contributed by atoms with Gasteiger partial charge in [-0.05, 0) is 19.3 Å². The van der Waals surface area contributed by atoms with Gasteiger partial charge in [-0.15, -0.1) is 0 Å². The van der Waals surface area contributed by atoms with Gasteiger partial charge >= 0.3 is 0 Å². The van der Waals surface area contributed by atoms with Crippen molar-refractivity contribution in [1.82, 2.24) is 5.06 Å². The molecule has 0 amide bonds. The third-order valence-corrected chi connectivity index (χ3v) is 3.01. The molecule has 3 nitrogen and oxygen atoms in total. The van der Waals surface area contributed by atoms with Crippen LogP contribution in [0.3, 0.4) is 0 Å². The summed E-state index contributed by atoms with van der Waals surface area (Å²) in [5.41, 5.74) is 0. The molecule has 2 aliphatic rings. The maximum atomic E-state index is 8.62. The molecule has 90 valence electrons. The second-order valence-corrected chi connectivity index (χ2v) is 4.73. The van der Waals surface area contributed by atoms with E-state index in [1.54, 1.807) is 12.0 Å². The van der Waals surface area contributed by atoms with E-state index in [-0.39, 0.29) is 0 Å². The van der Waals surface area contributed by atoms with E-state index in [0.29, 0.717) is 0 Å². The van der Waals surface area contributed by atoms with Crippen molar-refractivity contribution in [3.05, 3.63) is 0 Å². The fourth-order valence-electron chi connectivity index (χ4n) is 1.92. The monoisotopic (exact) mass is 215 g/mol. The summed E-state index contributed by atoms with van der Waals surface area (Å²) in [4.78, 5) is 4.88. The largest absolute Gasteiger partial charge is 0.367 e. The highest BCUT2D eigenvalue weighted by Crippen LogP contribution is 2.22. The number of hydroxylamine groups is 2. The molecule has 1 saturated heterocycles. The molecule has 15 heavy (non-hydrogen) atoms. The summed E-state index contributed by atoms with van der Waals surface area (Å²) < 4.78 is 0. The summed E-state index contributed by atoms with van der Waals surface area (Å²) in [5, 5.41) is 10.4. The minimum absolute atomic E-state index is 0.643. The first-order valence-corrected chi connectivity index (χ1v) is 6.28. The summed E-state index contributed by atoms with van der Waals surface area (Å²) in [7, 11) is 0. The van der Waals surface area contributed by atoms with Gasteiger partial charge in [-0.2, -0.15) is 5.06 Å². The third kappa shape index (κ3) is 6.13. The first-order valence-electron chi connectivity index (χ1n) is 6.28. The van der Waals surface area contributed by atoms with Crippen molar-refractivity contribution >= 4 is 0 Å². The van der Waals surface area contributed by atoms with Crippen LogP contribution in [0.25, 0.3) is 0 Å². The van der Waals surface area contributed by atoms with Gasteiger partial charge in [0.15, 0.2) is 6.29 Å². The highest BCUT2D eigenvalue weighted by Gasteiger charge is 2.15. The van der Waals surface area contributed by atoms with Gasteiger partial charge in [0.05, 0.1) is 0 Å². The molecule has 0 radical (unpaired) electrons. The number of rotatable bonds is 2. The zero-order valence-electron chi connectivity index (χ0n) is 10.1. The van der Waals surface area contributed by atoms with E-state index >= 15 is 0 Å². The van der Waals surface area contributed by atoms with Gasteiger partial charge in [0.2, 0.25) is 0 Å². The second-order valence-electron chi connectivity index (χ2n) is 4.73. The average molecular weight is 215 g/mol. The van der Waals surface area contributed by atoms with Crippen LogP contribution in [0, 0.1) is 5.92 Å². The molecular weight excluding hydrogens is 190 g/mol. The Morgan fingerprint density at radius 1 is 1.13 bits per heavy atom. The van der Waals surface area contributed by atoms with E-state index in [1.807, 2.05) is 0 Å². The molecule has 1 aliphatic carbocycles. The highest BCUT2D eigenvalue weighted by atomic mass is 16.8. The highest BCUT2D eigenvalue weighted by molar-refractivity contribution is 4.59. The zero-order chi connectivity index (χ0) is 11.1. The Balaban J connectivity index is 0.000000151. The van der Waals surface area contributed by atoms with Crippen LogP contribution in [0.5, 0.6) is 0 Å². The molecule has 0 aromatic rings. The van der Waals surface area contributed by atoms with Crippen molar-refractivity contribution in [1.29, 1.82) is 0 Å². The van der Waals surface area contributed by atoms with Crippen LogP contribution in [0.1, 0.15) is 52.4 Å². The van der Waals surface area contributed by atoms with Crippen LogP contribution >= 0.6 is 0 Å². The Morgan fingerprint density at radius 3 is 1.93 bits per heavy atom. The summed E-state index contributed by atoms with van der Waals surface area (Å²) in [5.74, 6) is 1.04. The molecule has 0 spiro atoms. The average Bonchev–Trinajstić information content (AvgIpc) is 2.14. The first kappa shape index (κ1) is 12.9. The Hall–Kier alpha value is -0.120. The lowest BCUT2D eigenvalue weighted by molar-refractivity contribution is -0.281. The Labute approximate surface area is 93.4 Å². The molecule has 1 N–H and O–H groups in total. The molecule has 3 heteroatoms. The molecule has 0 bridgehead atoms. The van der Waals surface area contributed by atoms with Gasteiger partial charge in [0, 0.05) is 13.1 Å². The van der Waals surface area contributed by atoms with E-state index < -0.39 is 6.29 Å². The summed E-state index contributed by atoms with van der Waals surface area (Å²) >= 11 is 0. The predicted octanol–water partition coefficient (Wildman–Crippen LogP) is 2.55. The van der Waals surface area contributed by atoms with Crippen LogP contribution < -0.4 is 0 Å². The molecule has 2 rings (SSSR count). The van der Waals surface area contributed by atoms with E-state index in [0.717, 1.165) is 19.0 Å². The molecule has 0 aromatic carbocycles. The zero-order valence-corrected chi connectivity index (χ0v) is 10.1. The fourth-order valence-corrected chi connectivity index (χ4v) is 1.92. The Morgan fingerprint density at radius 2 is 1.73 bits per heavy atom. The molecule has 1 saturated carbocycles. The molecule has 1 unspecified atom stereocenters. The van der Waals surface area contributed by atoms with Gasteiger partial charge in [-0.25, -0.2) is 0 Å². The molecule has 0 aromatic heterocycles. The van der Waals surface area contributed by atoms with Crippen LogP contribution in [0.2, 0.25) is 0 Å². The molecular formula is C12H25NO2. The quantitative estimate of drug-likeness (QED) is 0.719. The Bertz CT molecular complexity index is 152.